The average Bonchev–Trinajstić information content (AvgIpc) is 3.20. The Morgan fingerprint density at radius 1 is 1.12 bits per heavy atom. The standard InChI is InChI=1S/C19H22N6O/c1-14-13-16(21-20-14)19(26)24-10-9-18-23-22-17(25(18)12-11-24)8-7-15-5-3-2-4-6-15/h2-6,13H,7-12H2,1H3,(H,20,21). The van der Waals surface area contributed by atoms with Gasteiger partial charge in [-0.05, 0) is 25.0 Å². The van der Waals surface area contributed by atoms with Crippen LogP contribution in [0.2, 0.25) is 0 Å². The Bertz CT molecular complexity index is 898. The number of fused-ring (bicyclic) bond motifs is 1. The Hall–Kier alpha value is -2.96. The molecule has 0 aliphatic carbocycles. The molecule has 0 fully saturated rings. The average molecular weight is 350 g/mol. The molecule has 0 bridgehead atoms. The quantitative estimate of drug-likeness (QED) is 0.778. The van der Waals surface area contributed by atoms with Crippen molar-refractivity contribution in [2.24, 2.45) is 0 Å². The molecule has 1 aliphatic heterocycles. The fourth-order valence-electron chi connectivity index (χ4n) is 3.36. The minimum atomic E-state index is -0.0288. The summed E-state index contributed by atoms with van der Waals surface area (Å²) in [4.78, 5) is 14.5. The van der Waals surface area contributed by atoms with E-state index in [4.69, 9.17) is 0 Å². The lowest BCUT2D eigenvalue weighted by Crippen LogP contribution is -2.34. The van der Waals surface area contributed by atoms with Gasteiger partial charge in [-0.25, -0.2) is 0 Å². The fraction of sp³-hybridized carbons (Fsp3) is 0.368. The van der Waals surface area contributed by atoms with Gasteiger partial charge in [0.2, 0.25) is 0 Å². The van der Waals surface area contributed by atoms with E-state index < -0.39 is 0 Å². The van der Waals surface area contributed by atoms with Crippen molar-refractivity contribution >= 4 is 5.91 Å². The number of aromatic amines is 1. The fourth-order valence-corrected chi connectivity index (χ4v) is 3.36. The number of benzene rings is 1. The maximum atomic E-state index is 12.6. The summed E-state index contributed by atoms with van der Waals surface area (Å²) in [7, 11) is 0. The van der Waals surface area contributed by atoms with Gasteiger partial charge < -0.3 is 9.47 Å². The highest BCUT2D eigenvalue weighted by molar-refractivity contribution is 5.92. The first-order chi connectivity index (χ1) is 12.7. The number of nitrogens with zero attached hydrogens (tertiary/aromatic N) is 5. The third kappa shape index (κ3) is 3.37. The Morgan fingerprint density at radius 2 is 1.96 bits per heavy atom. The lowest BCUT2D eigenvalue weighted by atomic mass is 10.1. The Labute approximate surface area is 152 Å². The van der Waals surface area contributed by atoms with Gasteiger partial charge in [0.25, 0.3) is 5.91 Å². The van der Waals surface area contributed by atoms with Crippen LogP contribution in [0.1, 0.15) is 33.4 Å². The van der Waals surface area contributed by atoms with Crippen LogP contribution >= 0.6 is 0 Å². The second-order valence-corrected chi connectivity index (χ2v) is 6.65. The molecule has 7 heteroatoms. The van der Waals surface area contributed by atoms with Crippen LogP contribution in [-0.4, -0.2) is 48.9 Å². The highest BCUT2D eigenvalue weighted by Crippen LogP contribution is 2.14. The van der Waals surface area contributed by atoms with Crippen molar-refractivity contribution in [1.29, 1.82) is 0 Å². The summed E-state index contributed by atoms with van der Waals surface area (Å²) in [6.07, 6.45) is 2.51. The van der Waals surface area contributed by atoms with Gasteiger partial charge >= 0.3 is 0 Å². The molecule has 3 aromatic rings. The molecule has 0 radical (unpaired) electrons. The molecule has 134 valence electrons. The van der Waals surface area contributed by atoms with E-state index in [1.54, 1.807) is 6.07 Å². The van der Waals surface area contributed by atoms with E-state index in [1.165, 1.54) is 5.56 Å². The monoisotopic (exact) mass is 350 g/mol. The van der Waals surface area contributed by atoms with Gasteiger partial charge in [-0.15, -0.1) is 10.2 Å². The number of H-pyrrole nitrogens is 1. The third-order valence-electron chi connectivity index (χ3n) is 4.80. The summed E-state index contributed by atoms with van der Waals surface area (Å²) >= 11 is 0. The number of hydrogen-bond acceptors (Lipinski definition) is 4. The van der Waals surface area contributed by atoms with Gasteiger partial charge in [0.15, 0.2) is 0 Å². The molecule has 0 atom stereocenters. The molecular weight excluding hydrogens is 328 g/mol. The molecule has 1 aliphatic rings. The van der Waals surface area contributed by atoms with Gasteiger partial charge in [-0.1, -0.05) is 30.3 Å². The van der Waals surface area contributed by atoms with E-state index >= 15 is 0 Å². The zero-order valence-electron chi connectivity index (χ0n) is 14.9. The largest absolute Gasteiger partial charge is 0.335 e. The van der Waals surface area contributed by atoms with Crippen LogP contribution in [-0.2, 0) is 25.8 Å². The predicted octanol–water partition coefficient (Wildman–Crippen LogP) is 1.79. The van der Waals surface area contributed by atoms with Crippen LogP contribution in [0.15, 0.2) is 36.4 Å². The predicted molar refractivity (Wildman–Crippen MR) is 96.8 cm³/mol. The molecule has 0 spiro atoms. The lowest BCUT2D eigenvalue weighted by Gasteiger charge is -2.18. The van der Waals surface area contributed by atoms with E-state index in [-0.39, 0.29) is 5.91 Å². The molecule has 0 saturated carbocycles. The molecule has 0 unspecified atom stereocenters. The lowest BCUT2D eigenvalue weighted by molar-refractivity contribution is 0.0752. The van der Waals surface area contributed by atoms with E-state index in [0.29, 0.717) is 25.2 Å². The number of nitrogens with one attached hydrogen (secondary N) is 1. The Kier molecular flexibility index (Phi) is 4.51. The highest BCUT2D eigenvalue weighted by Gasteiger charge is 2.23. The zero-order chi connectivity index (χ0) is 17.9. The first-order valence-electron chi connectivity index (χ1n) is 8.97. The summed E-state index contributed by atoms with van der Waals surface area (Å²) in [5.41, 5.74) is 2.66. The van der Waals surface area contributed by atoms with Crippen LogP contribution in [0.4, 0.5) is 0 Å². The molecule has 2 aromatic heterocycles. The highest BCUT2D eigenvalue weighted by atomic mass is 16.2. The van der Waals surface area contributed by atoms with Crippen LogP contribution in [0.3, 0.4) is 0 Å². The third-order valence-corrected chi connectivity index (χ3v) is 4.80. The molecule has 7 nitrogen and oxygen atoms in total. The molecule has 26 heavy (non-hydrogen) atoms. The van der Waals surface area contributed by atoms with Crippen molar-refractivity contribution in [3.05, 3.63) is 65.0 Å². The van der Waals surface area contributed by atoms with Crippen LogP contribution in [0.25, 0.3) is 0 Å². The van der Waals surface area contributed by atoms with Crippen LogP contribution in [0.5, 0.6) is 0 Å². The molecule has 0 saturated heterocycles. The number of carbonyl (C=O) groups excluding carboxylic acids is 1. The molecule has 1 amide bonds. The summed E-state index contributed by atoms with van der Waals surface area (Å²) in [6, 6.07) is 12.2. The van der Waals surface area contributed by atoms with E-state index in [0.717, 1.165) is 36.7 Å². The molecule has 1 N–H and O–H groups in total. The second kappa shape index (κ2) is 7.11. The van der Waals surface area contributed by atoms with Crippen molar-refractivity contribution < 1.29 is 4.79 Å². The minimum absolute atomic E-state index is 0.0288. The number of rotatable bonds is 4. The van der Waals surface area contributed by atoms with Gasteiger partial charge in [0.1, 0.15) is 17.3 Å². The van der Waals surface area contributed by atoms with Crippen molar-refractivity contribution in [3.63, 3.8) is 0 Å². The normalized spacial score (nSPS) is 14.1. The zero-order valence-corrected chi connectivity index (χ0v) is 14.9. The van der Waals surface area contributed by atoms with E-state index in [1.807, 2.05) is 17.9 Å². The maximum absolute atomic E-state index is 12.6. The molecule has 4 rings (SSSR count). The van der Waals surface area contributed by atoms with Crippen molar-refractivity contribution in [1.82, 2.24) is 29.9 Å². The van der Waals surface area contributed by atoms with Gasteiger partial charge in [0, 0.05) is 38.2 Å². The van der Waals surface area contributed by atoms with E-state index in [9.17, 15) is 4.79 Å². The molecular formula is C19H22N6O. The van der Waals surface area contributed by atoms with E-state index in [2.05, 4.69) is 49.2 Å². The first kappa shape index (κ1) is 16.5. The Balaban J connectivity index is 1.43. The topological polar surface area (TPSA) is 79.7 Å². The van der Waals surface area contributed by atoms with Crippen molar-refractivity contribution in [3.8, 4) is 0 Å². The number of carbonyl (C=O) groups is 1. The Morgan fingerprint density at radius 3 is 2.73 bits per heavy atom. The summed E-state index contributed by atoms with van der Waals surface area (Å²) in [6.45, 7) is 3.91. The summed E-state index contributed by atoms with van der Waals surface area (Å²) in [5.74, 6) is 1.93. The number of aromatic nitrogens is 5. The van der Waals surface area contributed by atoms with Crippen LogP contribution in [0, 0.1) is 6.92 Å². The minimum Gasteiger partial charge on any atom is -0.335 e. The summed E-state index contributed by atoms with van der Waals surface area (Å²) in [5, 5.41) is 15.7. The maximum Gasteiger partial charge on any atom is 0.274 e. The van der Waals surface area contributed by atoms with Gasteiger partial charge in [0.05, 0.1) is 0 Å². The molecule has 3 heterocycles. The number of hydrogen-bond donors (Lipinski definition) is 1. The first-order valence-corrected chi connectivity index (χ1v) is 8.97. The number of amides is 1. The second-order valence-electron chi connectivity index (χ2n) is 6.65. The van der Waals surface area contributed by atoms with Crippen molar-refractivity contribution in [2.75, 3.05) is 13.1 Å². The van der Waals surface area contributed by atoms with Gasteiger partial charge in [-0.2, -0.15) is 5.10 Å². The van der Waals surface area contributed by atoms with Crippen molar-refractivity contribution in [2.45, 2.75) is 32.7 Å². The summed E-state index contributed by atoms with van der Waals surface area (Å²) < 4.78 is 2.17. The smallest absolute Gasteiger partial charge is 0.274 e. The van der Waals surface area contributed by atoms with Crippen LogP contribution < -0.4 is 0 Å². The molecule has 1 aromatic carbocycles. The van der Waals surface area contributed by atoms with Gasteiger partial charge in [-0.3, -0.25) is 9.89 Å². The number of aryl methyl sites for hydroxylation is 3. The SMILES string of the molecule is Cc1cc(C(=O)N2CCc3nnc(CCc4ccccc4)n3CC2)n[nH]1.